The van der Waals surface area contributed by atoms with Crippen LogP contribution in [0.15, 0.2) is 36.7 Å². The fourth-order valence-electron chi connectivity index (χ4n) is 4.82. The molecule has 2 aliphatic heterocycles. The number of hydrogen-bond acceptors (Lipinski definition) is 7. The summed E-state index contributed by atoms with van der Waals surface area (Å²) >= 11 is 5.92. The number of rotatable bonds is 8. The number of benzene rings is 2. The highest BCUT2D eigenvalue weighted by atomic mass is 35.5. The molecule has 2 saturated heterocycles. The first-order chi connectivity index (χ1) is 16.6. The molecular weight excluding hydrogens is 459 g/mol. The van der Waals surface area contributed by atoms with Crippen LogP contribution < -0.4 is 14.8 Å². The van der Waals surface area contributed by atoms with Gasteiger partial charge in [0.25, 0.3) is 0 Å². The van der Waals surface area contributed by atoms with Gasteiger partial charge in [-0.15, -0.1) is 0 Å². The predicted octanol–water partition coefficient (Wildman–Crippen LogP) is 4.91. The molecule has 0 saturated carbocycles. The van der Waals surface area contributed by atoms with Crippen LogP contribution >= 0.6 is 11.6 Å². The zero-order valence-corrected chi connectivity index (χ0v) is 19.9. The van der Waals surface area contributed by atoms with Crippen molar-refractivity contribution in [3.05, 3.63) is 47.5 Å². The third-order valence-electron chi connectivity index (χ3n) is 6.60. The van der Waals surface area contributed by atoms with E-state index in [0.717, 1.165) is 50.6 Å². The largest absolute Gasteiger partial charge is 0.493 e. The number of ether oxygens (including phenoxy) is 3. The lowest BCUT2D eigenvalue weighted by atomic mass is 9.92. The summed E-state index contributed by atoms with van der Waals surface area (Å²) in [6, 6.07) is 8.15. The van der Waals surface area contributed by atoms with Crippen LogP contribution in [-0.2, 0) is 4.74 Å². The lowest BCUT2D eigenvalue weighted by Gasteiger charge is -2.23. The van der Waals surface area contributed by atoms with Gasteiger partial charge in [0.2, 0.25) is 0 Å². The van der Waals surface area contributed by atoms with Gasteiger partial charge in [-0.05, 0) is 48.9 Å². The number of halogens is 2. The zero-order chi connectivity index (χ0) is 23.5. The SMILES string of the molecule is COc1cc2ncnc(Nc3ccc(F)c(Cl)c3)c2cc1OCCCN1CC2CCOCC2C1. The van der Waals surface area contributed by atoms with E-state index >= 15 is 0 Å². The van der Waals surface area contributed by atoms with Gasteiger partial charge in [-0.3, -0.25) is 0 Å². The maximum atomic E-state index is 13.5. The Morgan fingerprint density at radius 2 is 2.06 bits per heavy atom. The second kappa shape index (κ2) is 10.3. The fourth-order valence-corrected chi connectivity index (χ4v) is 5.00. The van der Waals surface area contributed by atoms with Crippen molar-refractivity contribution in [3.8, 4) is 11.5 Å². The summed E-state index contributed by atoms with van der Waals surface area (Å²) in [7, 11) is 1.61. The van der Waals surface area contributed by atoms with Crippen LogP contribution in [0.5, 0.6) is 11.5 Å². The Kier molecular flexibility index (Phi) is 6.99. The molecule has 0 amide bonds. The molecule has 0 bridgehead atoms. The van der Waals surface area contributed by atoms with Gasteiger partial charge in [0.05, 0.1) is 30.9 Å². The Morgan fingerprint density at radius 3 is 2.88 bits per heavy atom. The highest BCUT2D eigenvalue weighted by Crippen LogP contribution is 2.35. The summed E-state index contributed by atoms with van der Waals surface area (Å²) < 4.78 is 30.8. The molecule has 0 radical (unpaired) electrons. The van der Waals surface area contributed by atoms with Crippen molar-refractivity contribution in [2.45, 2.75) is 12.8 Å². The Balaban J connectivity index is 1.27. The predicted molar refractivity (Wildman–Crippen MR) is 130 cm³/mol. The quantitative estimate of drug-likeness (QED) is 0.453. The lowest BCUT2D eigenvalue weighted by molar-refractivity contribution is 0.0370. The van der Waals surface area contributed by atoms with E-state index in [1.807, 2.05) is 12.1 Å². The van der Waals surface area contributed by atoms with E-state index in [-0.39, 0.29) is 5.02 Å². The second-order valence-corrected chi connectivity index (χ2v) is 9.25. The Morgan fingerprint density at radius 1 is 1.18 bits per heavy atom. The molecule has 2 fully saturated rings. The van der Waals surface area contributed by atoms with E-state index in [9.17, 15) is 4.39 Å². The number of aromatic nitrogens is 2. The van der Waals surface area contributed by atoms with Crippen LogP contribution in [-0.4, -0.2) is 61.4 Å². The minimum Gasteiger partial charge on any atom is -0.493 e. The van der Waals surface area contributed by atoms with Gasteiger partial charge >= 0.3 is 0 Å². The van der Waals surface area contributed by atoms with Gasteiger partial charge in [-0.1, -0.05) is 11.6 Å². The smallest absolute Gasteiger partial charge is 0.162 e. The van der Waals surface area contributed by atoms with E-state index in [4.69, 9.17) is 25.8 Å². The number of methoxy groups -OCH3 is 1. The van der Waals surface area contributed by atoms with Gasteiger partial charge in [0.1, 0.15) is 18.0 Å². The summed E-state index contributed by atoms with van der Waals surface area (Å²) in [5, 5.41) is 4.00. The molecule has 0 aliphatic carbocycles. The van der Waals surface area contributed by atoms with Gasteiger partial charge < -0.3 is 24.4 Å². The lowest BCUT2D eigenvalue weighted by Crippen LogP contribution is -2.25. The standard InChI is InChI=1S/C25H28ClFN4O3/c1-32-23-11-22-19(25(29-15-28-22)30-18-3-4-21(27)20(26)9-18)10-24(23)34-7-2-6-31-12-16-5-8-33-14-17(16)13-31/h3-4,9-11,15-17H,2,5-8,12-14H2,1H3,(H,28,29,30). The Hall–Kier alpha value is -2.68. The van der Waals surface area contributed by atoms with Crippen LogP contribution in [0, 0.1) is 17.7 Å². The molecule has 34 heavy (non-hydrogen) atoms. The number of hydrogen-bond donors (Lipinski definition) is 1. The number of likely N-dealkylation sites (tertiary alicyclic amines) is 1. The topological polar surface area (TPSA) is 68.7 Å². The molecule has 1 N–H and O–H groups in total. The molecule has 0 spiro atoms. The average Bonchev–Trinajstić information content (AvgIpc) is 3.27. The minimum atomic E-state index is -0.471. The molecule has 2 unspecified atom stereocenters. The van der Waals surface area contributed by atoms with Gasteiger partial charge in [-0.2, -0.15) is 0 Å². The Labute approximate surface area is 203 Å². The second-order valence-electron chi connectivity index (χ2n) is 8.84. The van der Waals surface area contributed by atoms with E-state index in [1.54, 1.807) is 13.2 Å². The molecular formula is C25H28ClFN4O3. The molecule has 1 aromatic heterocycles. The maximum Gasteiger partial charge on any atom is 0.162 e. The van der Waals surface area contributed by atoms with E-state index in [2.05, 4.69) is 20.2 Å². The van der Waals surface area contributed by atoms with Crippen molar-refractivity contribution >= 4 is 34.0 Å². The van der Waals surface area contributed by atoms with Crippen molar-refractivity contribution in [1.82, 2.24) is 14.9 Å². The van der Waals surface area contributed by atoms with Crippen molar-refractivity contribution in [3.63, 3.8) is 0 Å². The minimum absolute atomic E-state index is 0.0406. The van der Waals surface area contributed by atoms with Gasteiger partial charge in [0.15, 0.2) is 11.5 Å². The van der Waals surface area contributed by atoms with E-state index in [0.29, 0.717) is 41.0 Å². The van der Waals surface area contributed by atoms with Crippen molar-refractivity contribution in [1.29, 1.82) is 0 Å². The van der Waals surface area contributed by atoms with E-state index < -0.39 is 5.82 Å². The number of nitrogens with zero attached hydrogens (tertiary/aromatic N) is 3. The summed E-state index contributed by atoms with van der Waals surface area (Å²) in [6.07, 6.45) is 3.56. The first-order valence-electron chi connectivity index (χ1n) is 11.6. The van der Waals surface area contributed by atoms with Crippen molar-refractivity contribution in [2.75, 3.05) is 51.9 Å². The molecule has 3 aromatic rings. The zero-order valence-electron chi connectivity index (χ0n) is 19.1. The van der Waals surface area contributed by atoms with Crippen molar-refractivity contribution < 1.29 is 18.6 Å². The monoisotopic (exact) mass is 486 g/mol. The third kappa shape index (κ3) is 5.04. The summed E-state index contributed by atoms with van der Waals surface area (Å²) in [5.41, 5.74) is 1.33. The molecule has 5 rings (SSSR count). The average molecular weight is 487 g/mol. The van der Waals surface area contributed by atoms with E-state index in [1.165, 1.54) is 24.9 Å². The molecule has 9 heteroatoms. The normalized spacial score (nSPS) is 20.3. The number of anilines is 2. The highest BCUT2D eigenvalue weighted by molar-refractivity contribution is 6.31. The summed E-state index contributed by atoms with van der Waals surface area (Å²) in [5.74, 6) is 2.80. The number of nitrogens with one attached hydrogen (secondary N) is 1. The third-order valence-corrected chi connectivity index (χ3v) is 6.89. The van der Waals surface area contributed by atoms with Crippen molar-refractivity contribution in [2.24, 2.45) is 11.8 Å². The highest BCUT2D eigenvalue weighted by Gasteiger charge is 2.34. The number of fused-ring (bicyclic) bond motifs is 2. The van der Waals surface area contributed by atoms with Crippen LogP contribution in [0.4, 0.5) is 15.9 Å². The first kappa shape index (κ1) is 23.1. The maximum absolute atomic E-state index is 13.5. The van der Waals surface area contributed by atoms with Gasteiger partial charge in [0, 0.05) is 43.4 Å². The fraction of sp³-hybridized carbons (Fsp3) is 0.440. The Bertz CT molecular complexity index is 1150. The molecule has 2 aliphatic rings. The molecule has 2 atom stereocenters. The van der Waals surface area contributed by atoms with Crippen LogP contribution in [0.25, 0.3) is 10.9 Å². The molecule has 3 heterocycles. The van der Waals surface area contributed by atoms with Crippen LogP contribution in [0.3, 0.4) is 0 Å². The van der Waals surface area contributed by atoms with Gasteiger partial charge in [-0.25, -0.2) is 14.4 Å². The summed E-state index contributed by atoms with van der Waals surface area (Å²) in [6.45, 7) is 5.65. The van der Waals surface area contributed by atoms with Crippen LogP contribution in [0.2, 0.25) is 5.02 Å². The molecule has 7 nitrogen and oxygen atoms in total. The summed E-state index contributed by atoms with van der Waals surface area (Å²) in [4.78, 5) is 11.2. The molecule has 2 aromatic carbocycles. The molecule has 180 valence electrons. The van der Waals surface area contributed by atoms with Crippen LogP contribution in [0.1, 0.15) is 12.8 Å². The first-order valence-corrected chi connectivity index (χ1v) is 12.0.